The quantitative estimate of drug-likeness (QED) is 0.325. The first-order chi connectivity index (χ1) is 12.3. The van der Waals surface area contributed by atoms with Gasteiger partial charge in [-0.1, -0.05) is 30.3 Å². The molecule has 154 valence electrons. The van der Waals surface area contributed by atoms with E-state index in [-0.39, 0.29) is 41.0 Å². The van der Waals surface area contributed by atoms with Crippen LogP contribution in [0.1, 0.15) is 26.3 Å². The molecule has 1 aromatic rings. The number of aliphatic imine (C=N–C) groups is 1. The third-order valence-corrected chi connectivity index (χ3v) is 6.62. The standard InChI is InChI=1S/C18H30N4O2S2.HI/c1-4-19-17(22-11-12-25-18(2,3)15-22)20-10-13-26(23,24)21-14-16-8-6-5-7-9-16;/h5-9,21H,4,10-15H2,1-3H3,(H,19,20);1H. The van der Waals surface area contributed by atoms with Gasteiger partial charge in [0.05, 0.1) is 12.3 Å². The van der Waals surface area contributed by atoms with Gasteiger partial charge in [0.1, 0.15) is 0 Å². The molecule has 1 aliphatic rings. The highest BCUT2D eigenvalue weighted by Crippen LogP contribution is 2.29. The van der Waals surface area contributed by atoms with E-state index >= 15 is 0 Å². The number of benzene rings is 1. The molecule has 9 heteroatoms. The fourth-order valence-corrected chi connectivity index (χ4v) is 4.73. The second-order valence-electron chi connectivity index (χ2n) is 6.89. The van der Waals surface area contributed by atoms with Crippen molar-refractivity contribution in [1.82, 2.24) is 14.9 Å². The Kier molecular flexibility index (Phi) is 10.4. The van der Waals surface area contributed by atoms with Gasteiger partial charge in [0, 0.05) is 36.7 Å². The van der Waals surface area contributed by atoms with Gasteiger partial charge in [0.25, 0.3) is 0 Å². The monoisotopic (exact) mass is 526 g/mol. The number of hydrogen-bond donors (Lipinski definition) is 2. The van der Waals surface area contributed by atoms with Crippen LogP contribution in [0, 0.1) is 0 Å². The molecule has 1 heterocycles. The molecular formula is C18H31IN4O2S2. The molecule has 0 radical (unpaired) electrons. The molecule has 0 unspecified atom stereocenters. The number of nitrogens with one attached hydrogen (secondary N) is 2. The maximum Gasteiger partial charge on any atom is 0.213 e. The molecule has 2 N–H and O–H groups in total. The second-order valence-corrected chi connectivity index (χ2v) is 10.6. The summed E-state index contributed by atoms with van der Waals surface area (Å²) in [6.07, 6.45) is 0. The molecule has 6 nitrogen and oxygen atoms in total. The third kappa shape index (κ3) is 9.01. The Balaban J connectivity index is 0.00000364. The van der Waals surface area contributed by atoms with E-state index in [0.717, 1.165) is 36.9 Å². The molecule has 0 amide bonds. The number of thioether (sulfide) groups is 1. The van der Waals surface area contributed by atoms with Crippen molar-refractivity contribution in [2.45, 2.75) is 32.1 Å². The SMILES string of the molecule is CCNC(=NCCS(=O)(=O)NCc1ccccc1)N1CCSC(C)(C)C1.I. The van der Waals surface area contributed by atoms with E-state index in [2.05, 4.69) is 33.8 Å². The minimum absolute atomic E-state index is 0. The zero-order valence-electron chi connectivity index (χ0n) is 16.3. The van der Waals surface area contributed by atoms with E-state index in [1.165, 1.54) is 0 Å². The molecule has 1 saturated heterocycles. The van der Waals surface area contributed by atoms with Crippen molar-refractivity contribution < 1.29 is 8.42 Å². The lowest BCUT2D eigenvalue weighted by atomic mass is 10.2. The van der Waals surface area contributed by atoms with Crippen LogP contribution in [-0.2, 0) is 16.6 Å². The van der Waals surface area contributed by atoms with Crippen molar-refractivity contribution in [2.24, 2.45) is 4.99 Å². The van der Waals surface area contributed by atoms with Crippen molar-refractivity contribution in [3.8, 4) is 0 Å². The maximum atomic E-state index is 12.2. The van der Waals surface area contributed by atoms with E-state index in [0.29, 0.717) is 6.54 Å². The number of guanidine groups is 1. The molecule has 1 aliphatic heterocycles. The molecule has 1 aromatic carbocycles. The number of rotatable bonds is 7. The van der Waals surface area contributed by atoms with Crippen molar-refractivity contribution in [1.29, 1.82) is 0 Å². The van der Waals surface area contributed by atoms with E-state index < -0.39 is 10.0 Å². The van der Waals surface area contributed by atoms with Gasteiger partial charge in [-0.3, -0.25) is 4.99 Å². The molecular weight excluding hydrogens is 495 g/mol. The normalized spacial score (nSPS) is 17.3. The van der Waals surface area contributed by atoms with Crippen molar-refractivity contribution in [2.75, 3.05) is 37.7 Å². The molecule has 0 aliphatic carbocycles. The van der Waals surface area contributed by atoms with E-state index in [4.69, 9.17) is 0 Å². The highest BCUT2D eigenvalue weighted by Gasteiger charge is 2.28. The highest BCUT2D eigenvalue weighted by atomic mass is 127. The van der Waals surface area contributed by atoms with E-state index in [1.807, 2.05) is 49.0 Å². The minimum Gasteiger partial charge on any atom is -0.357 e. The van der Waals surface area contributed by atoms with Gasteiger partial charge in [0.15, 0.2) is 5.96 Å². The van der Waals surface area contributed by atoms with E-state index in [9.17, 15) is 8.42 Å². The summed E-state index contributed by atoms with van der Waals surface area (Å²) in [7, 11) is -3.35. The lowest BCUT2D eigenvalue weighted by Crippen LogP contribution is -2.51. The minimum atomic E-state index is -3.35. The van der Waals surface area contributed by atoms with Crippen LogP contribution >= 0.6 is 35.7 Å². The first-order valence-electron chi connectivity index (χ1n) is 9.00. The Morgan fingerprint density at radius 1 is 1.30 bits per heavy atom. The summed E-state index contributed by atoms with van der Waals surface area (Å²) in [5, 5.41) is 3.29. The summed E-state index contributed by atoms with van der Waals surface area (Å²) < 4.78 is 27.2. The summed E-state index contributed by atoms with van der Waals surface area (Å²) in [5.74, 6) is 1.84. The Hall–Kier alpha value is -0.520. The van der Waals surface area contributed by atoms with Crippen LogP contribution in [-0.4, -0.2) is 61.7 Å². The molecule has 0 saturated carbocycles. The van der Waals surface area contributed by atoms with Gasteiger partial charge in [0.2, 0.25) is 10.0 Å². The average Bonchev–Trinajstić information content (AvgIpc) is 2.59. The first-order valence-corrected chi connectivity index (χ1v) is 11.6. The van der Waals surface area contributed by atoms with Gasteiger partial charge < -0.3 is 10.2 Å². The predicted molar refractivity (Wildman–Crippen MR) is 127 cm³/mol. The number of hydrogen-bond acceptors (Lipinski definition) is 4. The molecule has 0 bridgehead atoms. The zero-order chi connectivity index (χ0) is 19.0. The van der Waals surface area contributed by atoms with Crippen LogP contribution in [0.2, 0.25) is 0 Å². The second kappa shape index (κ2) is 11.5. The highest BCUT2D eigenvalue weighted by molar-refractivity contribution is 14.0. The summed E-state index contributed by atoms with van der Waals surface area (Å²) >= 11 is 1.96. The molecule has 0 atom stereocenters. The van der Waals surface area contributed by atoms with Crippen LogP contribution in [0.5, 0.6) is 0 Å². The molecule has 27 heavy (non-hydrogen) atoms. The number of sulfonamides is 1. The summed E-state index contributed by atoms with van der Waals surface area (Å²) in [6, 6.07) is 9.51. The smallest absolute Gasteiger partial charge is 0.213 e. The van der Waals surface area contributed by atoms with Gasteiger partial charge in [-0.15, -0.1) is 24.0 Å². The molecule has 2 rings (SSSR count). The maximum absolute atomic E-state index is 12.2. The molecule has 1 fully saturated rings. The van der Waals surface area contributed by atoms with Crippen LogP contribution < -0.4 is 10.0 Å². The van der Waals surface area contributed by atoms with Gasteiger partial charge in [-0.2, -0.15) is 11.8 Å². The Morgan fingerprint density at radius 2 is 2.00 bits per heavy atom. The van der Waals surface area contributed by atoms with Gasteiger partial charge in [-0.05, 0) is 26.3 Å². The molecule has 0 spiro atoms. The lowest BCUT2D eigenvalue weighted by Gasteiger charge is -2.39. The average molecular weight is 527 g/mol. The lowest BCUT2D eigenvalue weighted by molar-refractivity contribution is 0.376. The van der Waals surface area contributed by atoms with Crippen LogP contribution in [0.4, 0.5) is 0 Å². The van der Waals surface area contributed by atoms with Gasteiger partial charge >= 0.3 is 0 Å². The van der Waals surface area contributed by atoms with Crippen LogP contribution in [0.15, 0.2) is 35.3 Å². The van der Waals surface area contributed by atoms with Crippen molar-refractivity contribution >= 4 is 51.7 Å². The third-order valence-electron chi connectivity index (χ3n) is 4.02. The van der Waals surface area contributed by atoms with Crippen molar-refractivity contribution in [3.05, 3.63) is 35.9 Å². The Labute approximate surface area is 185 Å². The summed E-state index contributed by atoms with van der Waals surface area (Å²) in [4.78, 5) is 6.77. The fraction of sp³-hybridized carbons (Fsp3) is 0.611. The fourth-order valence-electron chi connectivity index (χ4n) is 2.76. The van der Waals surface area contributed by atoms with Crippen LogP contribution in [0.25, 0.3) is 0 Å². The van der Waals surface area contributed by atoms with Gasteiger partial charge in [-0.25, -0.2) is 13.1 Å². The largest absolute Gasteiger partial charge is 0.357 e. The van der Waals surface area contributed by atoms with Crippen LogP contribution in [0.3, 0.4) is 0 Å². The van der Waals surface area contributed by atoms with Crippen molar-refractivity contribution in [3.63, 3.8) is 0 Å². The topological polar surface area (TPSA) is 73.8 Å². The first kappa shape index (κ1) is 24.5. The number of nitrogens with zero attached hydrogens (tertiary/aromatic N) is 2. The van der Waals surface area contributed by atoms with E-state index in [1.54, 1.807) is 0 Å². The Bertz CT molecular complexity index is 697. The summed E-state index contributed by atoms with van der Waals surface area (Å²) in [5.41, 5.74) is 0.945. The Morgan fingerprint density at radius 3 is 2.63 bits per heavy atom. The summed E-state index contributed by atoms with van der Waals surface area (Å²) in [6.45, 7) is 9.64. The zero-order valence-corrected chi connectivity index (χ0v) is 20.2. The molecule has 0 aromatic heterocycles. The number of halogens is 1. The predicted octanol–water partition coefficient (Wildman–Crippen LogP) is 2.52.